The van der Waals surface area contributed by atoms with Crippen molar-refractivity contribution >= 4 is 11.6 Å². The smallest absolute Gasteiger partial charge is 0.178 e. The Morgan fingerprint density at radius 2 is 2.09 bits per heavy atom. The highest BCUT2D eigenvalue weighted by molar-refractivity contribution is 6.01. The molecule has 0 aromatic rings. The molecule has 23 heavy (non-hydrogen) atoms. The standard InChI is InChI=1S/C21H22O2/c1-3-10-21-12-8-15(22)13-14(21)4-5-16-17-6-7-19(23)20(17,2)11-9-18(16)21/h1,4-5,8,12-13,16-18H,6-7,9-11H2,2H3/t16-,17-,18-,20-,21?/m0/s1. The maximum Gasteiger partial charge on any atom is 0.178 e. The Morgan fingerprint density at radius 1 is 1.26 bits per heavy atom. The molecule has 4 rings (SSSR count). The summed E-state index contributed by atoms with van der Waals surface area (Å²) >= 11 is 0. The summed E-state index contributed by atoms with van der Waals surface area (Å²) in [5.41, 5.74) is 0.699. The third-order valence-electron chi connectivity index (χ3n) is 6.98. The first-order chi connectivity index (χ1) is 11.0. The molecular formula is C21H22O2. The molecule has 0 heterocycles. The van der Waals surface area contributed by atoms with Gasteiger partial charge < -0.3 is 0 Å². The SMILES string of the molecule is C#CCC12C=CC(=O)C=C1C=C[C@@H]1[C@@H]2CC[C@]2(C)C(=O)CC[C@@H]12. The Morgan fingerprint density at radius 3 is 2.87 bits per heavy atom. The molecule has 4 aliphatic carbocycles. The molecule has 0 N–H and O–H groups in total. The lowest BCUT2D eigenvalue weighted by atomic mass is 9.49. The number of hydrogen-bond acceptors (Lipinski definition) is 2. The number of ketones is 2. The van der Waals surface area contributed by atoms with Gasteiger partial charge in [-0.1, -0.05) is 25.2 Å². The van der Waals surface area contributed by atoms with Crippen LogP contribution in [0.15, 0.2) is 36.0 Å². The second-order valence-corrected chi connectivity index (χ2v) is 7.82. The third-order valence-corrected chi connectivity index (χ3v) is 6.98. The number of rotatable bonds is 1. The van der Waals surface area contributed by atoms with E-state index in [0.717, 1.165) is 31.3 Å². The molecule has 118 valence electrons. The average molecular weight is 306 g/mol. The Kier molecular flexibility index (Phi) is 3.07. The van der Waals surface area contributed by atoms with Crippen LogP contribution in [-0.4, -0.2) is 11.6 Å². The fraction of sp³-hybridized carbons (Fsp3) is 0.524. The normalized spacial score (nSPS) is 44.2. The second-order valence-electron chi connectivity index (χ2n) is 7.82. The number of Topliss-reactive ketones (excluding diaryl/α,β-unsaturated/α-hetero) is 1. The van der Waals surface area contributed by atoms with Gasteiger partial charge in [0.05, 0.1) is 0 Å². The van der Waals surface area contributed by atoms with Crippen LogP contribution >= 0.6 is 0 Å². The molecule has 5 atom stereocenters. The molecule has 0 saturated heterocycles. The van der Waals surface area contributed by atoms with Crippen molar-refractivity contribution in [1.29, 1.82) is 0 Å². The summed E-state index contributed by atoms with van der Waals surface area (Å²) < 4.78 is 0. The van der Waals surface area contributed by atoms with E-state index in [4.69, 9.17) is 6.42 Å². The summed E-state index contributed by atoms with van der Waals surface area (Å²) in [6.45, 7) is 2.16. The third kappa shape index (κ3) is 1.83. The second kappa shape index (κ2) is 4.81. The summed E-state index contributed by atoms with van der Waals surface area (Å²) in [6, 6.07) is 0. The minimum Gasteiger partial charge on any atom is -0.299 e. The van der Waals surface area contributed by atoms with Gasteiger partial charge in [0.1, 0.15) is 5.78 Å². The van der Waals surface area contributed by atoms with E-state index in [1.54, 1.807) is 12.2 Å². The van der Waals surface area contributed by atoms with Gasteiger partial charge in [0.25, 0.3) is 0 Å². The number of hydrogen-bond donors (Lipinski definition) is 0. The van der Waals surface area contributed by atoms with E-state index >= 15 is 0 Å². The predicted molar refractivity (Wildman–Crippen MR) is 89.3 cm³/mol. The van der Waals surface area contributed by atoms with E-state index < -0.39 is 0 Å². The fourth-order valence-electron chi connectivity index (χ4n) is 5.72. The lowest BCUT2D eigenvalue weighted by molar-refractivity contribution is -0.130. The van der Waals surface area contributed by atoms with Gasteiger partial charge in [-0.3, -0.25) is 9.59 Å². The molecule has 0 aromatic heterocycles. The quantitative estimate of drug-likeness (QED) is 0.693. The summed E-state index contributed by atoms with van der Waals surface area (Å²) in [6.07, 6.45) is 19.9. The molecule has 2 fully saturated rings. The fourth-order valence-corrected chi connectivity index (χ4v) is 5.72. The number of allylic oxidation sites excluding steroid dienone is 6. The van der Waals surface area contributed by atoms with Gasteiger partial charge in [-0.25, -0.2) is 0 Å². The molecule has 0 radical (unpaired) electrons. The Balaban J connectivity index is 1.81. The Hall–Kier alpha value is -1.88. The number of carbonyl (C=O) groups excluding carboxylic acids is 2. The Labute approximate surface area is 137 Å². The molecule has 2 saturated carbocycles. The summed E-state index contributed by atoms with van der Waals surface area (Å²) in [5.74, 6) is 4.56. The first kappa shape index (κ1) is 14.7. The van der Waals surface area contributed by atoms with Crippen LogP contribution in [-0.2, 0) is 9.59 Å². The van der Waals surface area contributed by atoms with Crippen LogP contribution in [0.1, 0.15) is 39.0 Å². The van der Waals surface area contributed by atoms with Crippen molar-refractivity contribution < 1.29 is 9.59 Å². The monoisotopic (exact) mass is 306 g/mol. The average Bonchev–Trinajstić information content (AvgIpc) is 2.84. The van der Waals surface area contributed by atoms with E-state index in [2.05, 4.69) is 31.1 Å². The van der Waals surface area contributed by atoms with Crippen molar-refractivity contribution in [3.8, 4) is 12.3 Å². The zero-order chi connectivity index (χ0) is 16.2. The van der Waals surface area contributed by atoms with E-state index in [-0.39, 0.29) is 16.6 Å². The highest BCUT2D eigenvalue weighted by Crippen LogP contribution is 2.62. The minimum absolute atomic E-state index is 0.0486. The molecule has 0 bridgehead atoms. The highest BCUT2D eigenvalue weighted by atomic mass is 16.1. The summed E-state index contributed by atoms with van der Waals surface area (Å²) in [7, 11) is 0. The van der Waals surface area contributed by atoms with Crippen molar-refractivity contribution in [2.75, 3.05) is 0 Å². The molecule has 1 unspecified atom stereocenters. The lowest BCUT2D eigenvalue weighted by Crippen LogP contribution is -2.49. The van der Waals surface area contributed by atoms with Crippen LogP contribution in [0.25, 0.3) is 0 Å². The van der Waals surface area contributed by atoms with Crippen molar-refractivity contribution in [2.24, 2.45) is 28.6 Å². The molecule has 0 spiro atoms. The van der Waals surface area contributed by atoms with Gasteiger partial charge in [0.15, 0.2) is 5.78 Å². The Bertz CT molecular complexity index is 717. The summed E-state index contributed by atoms with van der Waals surface area (Å²) in [4.78, 5) is 24.2. The maximum absolute atomic E-state index is 12.4. The largest absolute Gasteiger partial charge is 0.299 e. The van der Waals surface area contributed by atoms with Crippen LogP contribution in [0.4, 0.5) is 0 Å². The lowest BCUT2D eigenvalue weighted by Gasteiger charge is -2.54. The topological polar surface area (TPSA) is 34.1 Å². The first-order valence-corrected chi connectivity index (χ1v) is 8.62. The van der Waals surface area contributed by atoms with Gasteiger partial charge in [0, 0.05) is 23.7 Å². The van der Waals surface area contributed by atoms with E-state index in [0.29, 0.717) is 30.0 Å². The molecule has 2 nitrogen and oxygen atoms in total. The molecule has 0 aromatic carbocycles. The van der Waals surface area contributed by atoms with Gasteiger partial charge in [0.2, 0.25) is 0 Å². The van der Waals surface area contributed by atoms with Crippen LogP contribution in [0.2, 0.25) is 0 Å². The number of fused-ring (bicyclic) bond motifs is 5. The van der Waals surface area contributed by atoms with Crippen LogP contribution < -0.4 is 0 Å². The first-order valence-electron chi connectivity index (χ1n) is 8.62. The van der Waals surface area contributed by atoms with Crippen molar-refractivity contribution in [2.45, 2.75) is 39.0 Å². The molecular weight excluding hydrogens is 284 g/mol. The van der Waals surface area contributed by atoms with Gasteiger partial charge in [-0.2, -0.15) is 0 Å². The molecule has 0 aliphatic heterocycles. The summed E-state index contributed by atoms with van der Waals surface area (Å²) in [5, 5.41) is 0. The minimum atomic E-state index is -0.213. The zero-order valence-electron chi connectivity index (χ0n) is 13.5. The maximum atomic E-state index is 12.4. The van der Waals surface area contributed by atoms with Crippen molar-refractivity contribution in [1.82, 2.24) is 0 Å². The number of carbonyl (C=O) groups is 2. The van der Waals surface area contributed by atoms with E-state index in [1.807, 2.05) is 0 Å². The van der Waals surface area contributed by atoms with E-state index in [9.17, 15) is 9.59 Å². The van der Waals surface area contributed by atoms with Gasteiger partial charge >= 0.3 is 0 Å². The van der Waals surface area contributed by atoms with Crippen LogP contribution in [0, 0.1) is 40.9 Å². The van der Waals surface area contributed by atoms with E-state index in [1.165, 1.54) is 0 Å². The van der Waals surface area contributed by atoms with Gasteiger partial charge in [-0.05, 0) is 54.7 Å². The number of terminal acetylenes is 1. The van der Waals surface area contributed by atoms with Crippen molar-refractivity contribution in [3.63, 3.8) is 0 Å². The highest BCUT2D eigenvalue weighted by Gasteiger charge is 2.58. The molecule has 4 aliphatic rings. The van der Waals surface area contributed by atoms with Gasteiger partial charge in [-0.15, -0.1) is 12.3 Å². The molecule has 0 amide bonds. The zero-order valence-corrected chi connectivity index (χ0v) is 13.5. The van der Waals surface area contributed by atoms with Crippen LogP contribution in [0.5, 0.6) is 0 Å². The molecule has 2 heteroatoms. The van der Waals surface area contributed by atoms with Crippen LogP contribution in [0.3, 0.4) is 0 Å². The predicted octanol–water partition coefficient (Wildman–Crippen LogP) is 3.64. The van der Waals surface area contributed by atoms with Crippen molar-refractivity contribution in [3.05, 3.63) is 36.0 Å².